The van der Waals surface area contributed by atoms with Crippen LogP contribution in [0.1, 0.15) is 23.7 Å². The van der Waals surface area contributed by atoms with Crippen LogP contribution >= 0.6 is 0 Å². The third-order valence-corrected chi connectivity index (χ3v) is 5.61. The monoisotopic (exact) mass is 390 g/mol. The van der Waals surface area contributed by atoms with Gasteiger partial charge in [0.1, 0.15) is 5.75 Å². The van der Waals surface area contributed by atoms with Gasteiger partial charge in [-0.15, -0.1) is 0 Å². The van der Waals surface area contributed by atoms with Gasteiger partial charge in [-0.05, 0) is 48.5 Å². The maximum atomic E-state index is 12.0. The van der Waals surface area contributed by atoms with E-state index >= 15 is 0 Å². The predicted octanol–water partition coefficient (Wildman–Crippen LogP) is 2.55. The minimum atomic E-state index is -3.51. The van der Waals surface area contributed by atoms with Gasteiger partial charge in [0.25, 0.3) is 5.91 Å². The number of rotatable bonds is 8. The summed E-state index contributed by atoms with van der Waals surface area (Å²) in [6, 6.07) is 12.5. The van der Waals surface area contributed by atoms with Crippen LogP contribution in [0.25, 0.3) is 0 Å². The first-order valence-corrected chi connectivity index (χ1v) is 9.76. The zero-order valence-electron chi connectivity index (χ0n) is 15.4. The van der Waals surface area contributed by atoms with E-state index in [9.17, 15) is 18.0 Å². The summed E-state index contributed by atoms with van der Waals surface area (Å²) in [6.07, 6.45) is 0.428. The molecule has 1 N–H and O–H groups in total. The second-order valence-electron chi connectivity index (χ2n) is 5.95. The molecule has 0 aromatic heterocycles. The zero-order chi connectivity index (χ0) is 20.0. The molecular weight excluding hydrogens is 368 g/mol. The van der Waals surface area contributed by atoms with Crippen LogP contribution in [0.4, 0.5) is 5.69 Å². The number of Topliss-reactive ketones (excluding diaryl/α,β-unsaturated/α-hetero) is 1. The lowest BCUT2D eigenvalue weighted by atomic mass is 10.1. The van der Waals surface area contributed by atoms with Gasteiger partial charge in [-0.3, -0.25) is 9.59 Å². The second-order valence-corrected chi connectivity index (χ2v) is 8.10. The number of amides is 1. The number of hydrogen-bond donors (Lipinski definition) is 1. The molecule has 144 valence electrons. The molecule has 1 amide bonds. The highest BCUT2D eigenvalue weighted by Gasteiger charge is 2.16. The van der Waals surface area contributed by atoms with Gasteiger partial charge < -0.3 is 10.1 Å². The Morgan fingerprint density at radius 1 is 1.00 bits per heavy atom. The van der Waals surface area contributed by atoms with Crippen molar-refractivity contribution in [3.05, 3.63) is 54.1 Å². The Hall–Kier alpha value is -2.71. The Kier molecular flexibility index (Phi) is 6.70. The van der Waals surface area contributed by atoms with Crippen molar-refractivity contribution >= 4 is 27.4 Å². The molecule has 0 aliphatic heterocycles. The lowest BCUT2D eigenvalue weighted by Gasteiger charge is -2.12. The van der Waals surface area contributed by atoms with Crippen molar-refractivity contribution in [1.82, 2.24) is 4.31 Å². The molecule has 2 aromatic rings. The number of carbonyl (C=O) groups is 2. The number of nitrogens with one attached hydrogen (secondary N) is 1. The lowest BCUT2D eigenvalue weighted by molar-refractivity contribution is -0.118. The molecule has 8 heteroatoms. The summed E-state index contributed by atoms with van der Waals surface area (Å²) in [4.78, 5) is 23.7. The molecule has 7 nitrogen and oxygen atoms in total. The number of ketones is 1. The van der Waals surface area contributed by atoms with E-state index in [4.69, 9.17) is 4.74 Å². The SMILES string of the molecule is CCC(=O)c1ccc(OCC(=O)Nc2ccc(S(=O)(=O)N(C)C)cc2)cc1. The molecule has 0 fully saturated rings. The van der Waals surface area contributed by atoms with Gasteiger partial charge in [-0.25, -0.2) is 12.7 Å². The van der Waals surface area contributed by atoms with Crippen LogP contribution in [0.15, 0.2) is 53.4 Å². The van der Waals surface area contributed by atoms with Gasteiger partial charge in [0.2, 0.25) is 10.0 Å². The molecule has 2 aromatic carbocycles. The van der Waals surface area contributed by atoms with Crippen molar-refractivity contribution in [2.45, 2.75) is 18.2 Å². The number of anilines is 1. The highest BCUT2D eigenvalue weighted by atomic mass is 32.2. The number of benzene rings is 2. The van der Waals surface area contributed by atoms with Crippen LogP contribution in [0.2, 0.25) is 0 Å². The predicted molar refractivity (Wildman–Crippen MR) is 103 cm³/mol. The van der Waals surface area contributed by atoms with Crippen LogP contribution in [0.3, 0.4) is 0 Å². The number of ether oxygens (including phenoxy) is 1. The Morgan fingerprint density at radius 3 is 2.11 bits per heavy atom. The van der Waals surface area contributed by atoms with E-state index in [0.29, 0.717) is 23.4 Å². The van der Waals surface area contributed by atoms with E-state index in [1.807, 2.05) is 0 Å². The second kappa shape index (κ2) is 8.79. The summed E-state index contributed by atoms with van der Waals surface area (Å²) in [7, 11) is -0.605. The molecule has 0 saturated heterocycles. The average molecular weight is 390 g/mol. The topological polar surface area (TPSA) is 92.8 Å². The molecule has 0 unspecified atom stereocenters. The van der Waals surface area contributed by atoms with E-state index < -0.39 is 10.0 Å². The average Bonchev–Trinajstić information content (AvgIpc) is 2.66. The molecule has 27 heavy (non-hydrogen) atoms. The van der Waals surface area contributed by atoms with Crippen molar-refractivity contribution in [2.75, 3.05) is 26.0 Å². The summed E-state index contributed by atoms with van der Waals surface area (Å²) >= 11 is 0. The van der Waals surface area contributed by atoms with Crippen LogP contribution in [0, 0.1) is 0 Å². The van der Waals surface area contributed by atoms with Crippen LogP contribution in [-0.2, 0) is 14.8 Å². The van der Waals surface area contributed by atoms with Crippen molar-refractivity contribution in [3.63, 3.8) is 0 Å². The summed E-state index contributed by atoms with van der Waals surface area (Å²) in [5, 5.41) is 2.63. The summed E-state index contributed by atoms with van der Waals surface area (Å²) < 4.78 is 30.5. The molecular formula is C19H22N2O5S. The Morgan fingerprint density at radius 2 is 1.59 bits per heavy atom. The molecule has 0 aliphatic rings. The van der Waals surface area contributed by atoms with Crippen LogP contribution in [0.5, 0.6) is 5.75 Å². The fraction of sp³-hybridized carbons (Fsp3) is 0.263. The smallest absolute Gasteiger partial charge is 0.262 e. The fourth-order valence-corrected chi connectivity index (χ4v) is 3.11. The molecule has 0 spiro atoms. The maximum Gasteiger partial charge on any atom is 0.262 e. The van der Waals surface area contributed by atoms with Crippen molar-refractivity contribution < 1.29 is 22.7 Å². The van der Waals surface area contributed by atoms with Gasteiger partial charge in [-0.1, -0.05) is 6.92 Å². The summed E-state index contributed by atoms with van der Waals surface area (Å²) in [5.41, 5.74) is 1.06. The molecule has 0 bridgehead atoms. The Labute approximate surface area is 159 Å². The van der Waals surface area contributed by atoms with E-state index in [0.717, 1.165) is 4.31 Å². The first kappa shape index (κ1) is 20.6. The first-order valence-electron chi connectivity index (χ1n) is 8.32. The summed E-state index contributed by atoms with van der Waals surface area (Å²) in [6.45, 7) is 1.58. The van der Waals surface area contributed by atoms with Crippen LogP contribution < -0.4 is 10.1 Å². The molecule has 0 saturated carbocycles. The Bertz CT molecular complexity index is 904. The third kappa shape index (κ3) is 5.38. The van der Waals surface area contributed by atoms with Gasteiger partial charge in [0.15, 0.2) is 12.4 Å². The van der Waals surface area contributed by atoms with Crippen molar-refractivity contribution in [1.29, 1.82) is 0 Å². The maximum absolute atomic E-state index is 12.0. The molecule has 0 aliphatic carbocycles. The van der Waals surface area contributed by atoms with E-state index in [2.05, 4.69) is 5.32 Å². The first-order chi connectivity index (χ1) is 12.7. The van der Waals surface area contributed by atoms with Crippen molar-refractivity contribution in [2.24, 2.45) is 0 Å². The van der Waals surface area contributed by atoms with E-state index in [-0.39, 0.29) is 23.2 Å². The fourth-order valence-electron chi connectivity index (χ4n) is 2.21. The molecule has 0 heterocycles. The summed E-state index contributed by atoms with van der Waals surface area (Å²) in [5.74, 6) is 0.135. The number of carbonyl (C=O) groups excluding carboxylic acids is 2. The van der Waals surface area contributed by atoms with Gasteiger partial charge in [0, 0.05) is 31.8 Å². The number of hydrogen-bond acceptors (Lipinski definition) is 5. The van der Waals surface area contributed by atoms with Crippen LogP contribution in [-0.4, -0.2) is 45.1 Å². The largest absolute Gasteiger partial charge is 0.484 e. The van der Waals surface area contributed by atoms with Gasteiger partial charge in [-0.2, -0.15) is 0 Å². The standard InChI is InChI=1S/C19H22N2O5S/c1-4-18(22)14-5-9-16(10-6-14)26-13-19(23)20-15-7-11-17(12-8-15)27(24,25)21(2)3/h5-12H,4,13H2,1-3H3,(H,20,23). The lowest BCUT2D eigenvalue weighted by Crippen LogP contribution is -2.22. The van der Waals surface area contributed by atoms with Crippen molar-refractivity contribution in [3.8, 4) is 5.75 Å². The minimum absolute atomic E-state index is 0.0408. The van der Waals surface area contributed by atoms with Gasteiger partial charge >= 0.3 is 0 Å². The quantitative estimate of drug-likeness (QED) is 0.699. The number of sulfonamides is 1. The minimum Gasteiger partial charge on any atom is -0.484 e. The van der Waals surface area contributed by atoms with Gasteiger partial charge in [0.05, 0.1) is 4.90 Å². The normalized spacial score (nSPS) is 11.3. The van der Waals surface area contributed by atoms with E-state index in [1.165, 1.54) is 38.4 Å². The zero-order valence-corrected chi connectivity index (χ0v) is 16.2. The van der Waals surface area contributed by atoms with E-state index in [1.54, 1.807) is 31.2 Å². The Balaban J connectivity index is 1.91. The highest BCUT2D eigenvalue weighted by Crippen LogP contribution is 2.17. The number of nitrogens with zero attached hydrogens (tertiary/aromatic N) is 1. The molecule has 0 radical (unpaired) electrons. The molecule has 0 atom stereocenters. The third-order valence-electron chi connectivity index (χ3n) is 3.78. The highest BCUT2D eigenvalue weighted by molar-refractivity contribution is 7.89. The molecule has 2 rings (SSSR count).